The summed E-state index contributed by atoms with van der Waals surface area (Å²) in [6.07, 6.45) is 4.06. The lowest BCUT2D eigenvalue weighted by atomic mass is 9.71. The molecule has 2 aliphatic rings. The summed E-state index contributed by atoms with van der Waals surface area (Å²) in [6, 6.07) is 7.01. The van der Waals surface area contributed by atoms with Gasteiger partial charge in [0, 0.05) is 24.3 Å². The Bertz CT molecular complexity index is 601. The van der Waals surface area contributed by atoms with Crippen molar-refractivity contribution < 1.29 is 14.3 Å². The summed E-state index contributed by atoms with van der Waals surface area (Å²) in [6.45, 7) is 3.81. The predicted octanol–water partition coefficient (Wildman–Crippen LogP) is 2.47. The average molecular weight is 331 g/mol. The van der Waals surface area contributed by atoms with Crippen molar-refractivity contribution in [3.05, 3.63) is 29.8 Å². The summed E-state index contributed by atoms with van der Waals surface area (Å²) in [5.41, 5.74) is 1.60. The maximum atomic E-state index is 12.7. The minimum atomic E-state index is -0.537. The second kappa shape index (κ2) is 7.21. The van der Waals surface area contributed by atoms with E-state index in [0.29, 0.717) is 16.7 Å². The number of methoxy groups -OCH3 is 1. The molecule has 0 unspecified atom stereocenters. The first-order chi connectivity index (χ1) is 11.6. The van der Waals surface area contributed by atoms with Gasteiger partial charge in [-0.1, -0.05) is 6.07 Å². The van der Waals surface area contributed by atoms with E-state index in [2.05, 4.69) is 15.4 Å². The minimum Gasteiger partial charge on any atom is -0.453 e. The first kappa shape index (κ1) is 16.8. The topological polar surface area (TPSA) is 70.7 Å². The SMILES string of the molecule is COC(=O)Nc1cccc(C(=O)N2CCC3(CCNCC3)CC2)c1. The zero-order chi connectivity index (χ0) is 17.0. The summed E-state index contributed by atoms with van der Waals surface area (Å²) in [5, 5.41) is 6.01. The van der Waals surface area contributed by atoms with Gasteiger partial charge in [-0.05, 0) is 62.4 Å². The van der Waals surface area contributed by atoms with E-state index in [1.165, 1.54) is 20.0 Å². The number of benzene rings is 1. The summed E-state index contributed by atoms with van der Waals surface area (Å²) in [4.78, 5) is 26.0. The first-order valence-electron chi connectivity index (χ1n) is 8.57. The summed E-state index contributed by atoms with van der Waals surface area (Å²) < 4.78 is 4.58. The van der Waals surface area contributed by atoms with Gasteiger partial charge in [0.2, 0.25) is 0 Å². The highest BCUT2D eigenvalue weighted by molar-refractivity contribution is 5.96. The van der Waals surface area contributed by atoms with Gasteiger partial charge >= 0.3 is 6.09 Å². The lowest BCUT2D eigenvalue weighted by molar-refractivity contribution is 0.0495. The summed E-state index contributed by atoms with van der Waals surface area (Å²) in [7, 11) is 1.31. The number of hydrogen-bond donors (Lipinski definition) is 2. The number of nitrogens with zero attached hydrogens (tertiary/aromatic N) is 1. The molecule has 0 saturated carbocycles. The van der Waals surface area contributed by atoms with E-state index in [1.807, 2.05) is 4.90 Å². The molecule has 3 rings (SSSR count). The molecule has 0 aliphatic carbocycles. The van der Waals surface area contributed by atoms with Crippen molar-refractivity contribution in [1.29, 1.82) is 0 Å². The molecule has 1 spiro atoms. The molecule has 0 radical (unpaired) electrons. The van der Waals surface area contributed by atoms with Crippen LogP contribution < -0.4 is 10.6 Å². The van der Waals surface area contributed by atoms with E-state index < -0.39 is 6.09 Å². The van der Waals surface area contributed by atoms with Gasteiger partial charge in [-0.25, -0.2) is 4.79 Å². The van der Waals surface area contributed by atoms with Crippen LogP contribution in [-0.4, -0.2) is 50.2 Å². The third-order valence-electron chi connectivity index (χ3n) is 5.32. The number of amides is 2. The second-order valence-corrected chi connectivity index (χ2v) is 6.74. The molecule has 2 aliphatic heterocycles. The van der Waals surface area contributed by atoms with Crippen LogP contribution in [0.5, 0.6) is 0 Å². The van der Waals surface area contributed by atoms with Gasteiger partial charge in [0.25, 0.3) is 5.91 Å². The van der Waals surface area contributed by atoms with Crippen LogP contribution in [0.4, 0.5) is 10.5 Å². The molecular weight excluding hydrogens is 306 g/mol. The molecule has 24 heavy (non-hydrogen) atoms. The Labute approximate surface area is 142 Å². The van der Waals surface area contributed by atoms with Crippen molar-refractivity contribution in [2.24, 2.45) is 5.41 Å². The van der Waals surface area contributed by atoms with Gasteiger partial charge in [0.05, 0.1) is 7.11 Å². The van der Waals surface area contributed by atoms with Crippen LogP contribution in [0.15, 0.2) is 24.3 Å². The van der Waals surface area contributed by atoms with E-state index in [-0.39, 0.29) is 5.91 Å². The van der Waals surface area contributed by atoms with Crippen molar-refractivity contribution in [3.8, 4) is 0 Å². The molecule has 0 bridgehead atoms. The van der Waals surface area contributed by atoms with Crippen LogP contribution in [-0.2, 0) is 4.74 Å². The average Bonchev–Trinajstić information content (AvgIpc) is 2.62. The Balaban J connectivity index is 1.63. The standard InChI is InChI=1S/C18H25N3O3/c1-24-17(23)20-15-4-2-3-14(13-15)16(22)21-11-7-18(8-12-21)5-9-19-10-6-18/h2-4,13,19H,5-12H2,1H3,(H,20,23). The van der Waals surface area contributed by atoms with Crippen LogP contribution in [0.2, 0.25) is 0 Å². The van der Waals surface area contributed by atoms with Crippen molar-refractivity contribution >= 4 is 17.7 Å². The fourth-order valence-electron chi connectivity index (χ4n) is 3.72. The number of hydrogen-bond acceptors (Lipinski definition) is 4. The number of likely N-dealkylation sites (tertiary alicyclic amines) is 1. The fourth-order valence-corrected chi connectivity index (χ4v) is 3.72. The number of nitrogens with one attached hydrogen (secondary N) is 2. The zero-order valence-corrected chi connectivity index (χ0v) is 14.1. The lowest BCUT2D eigenvalue weighted by Gasteiger charge is -2.44. The molecule has 130 valence electrons. The monoisotopic (exact) mass is 331 g/mol. The van der Waals surface area contributed by atoms with Gasteiger partial charge < -0.3 is 15.0 Å². The Morgan fingerprint density at radius 1 is 1.17 bits per heavy atom. The molecule has 6 heteroatoms. The molecule has 0 aromatic heterocycles. The molecule has 2 N–H and O–H groups in total. The number of ether oxygens (including phenoxy) is 1. The van der Waals surface area contributed by atoms with Gasteiger partial charge in [0.1, 0.15) is 0 Å². The van der Waals surface area contributed by atoms with Crippen molar-refractivity contribution in [2.45, 2.75) is 25.7 Å². The fraction of sp³-hybridized carbons (Fsp3) is 0.556. The van der Waals surface area contributed by atoms with Gasteiger partial charge in [-0.3, -0.25) is 10.1 Å². The van der Waals surface area contributed by atoms with E-state index in [1.54, 1.807) is 24.3 Å². The third kappa shape index (κ3) is 3.70. The highest BCUT2D eigenvalue weighted by Gasteiger charge is 2.36. The Morgan fingerprint density at radius 2 is 1.88 bits per heavy atom. The van der Waals surface area contributed by atoms with Gasteiger partial charge in [0.15, 0.2) is 0 Å². The van der Waals surface area contributed by atoms with E-state index in [4.69, 9.17) is 0 Å². The molecule has 2 heterocycles. The molecular formula is C18H25N3O3. The quantitative estimate of drug-likeness (QED) is 0.873. The molecule has 2 saturated heterocycles. The molecule has 2 fully saturated rings. The Hall–Kier alpha value is -2.08. The van der Waals surface area contributed by atoms with E-state index in [9.17, 15) is 9.59 Å². The summed E-state index contributed by atoms with van der Waals surface area (Å²) in [5.74, 6) is 0.0345. The highest BCUT2D eigenvalue weighted by Crippen LogP contribution is 2.39. The number of rotatable bonds is 2. The molecule has 0 atom stereocenters. The van der Waals surface area contributed by atoms with E-state index in [0.717, 1.165) is 39.0 Å². The Morgan fingerprint density at radius 3 is 2.54 bits per heavy atom. The Kier molecular flexibility index (Phi) is 5.04. The van der Waals surface area contributed by atoms with Crippen LogP contribution in [0.25, 0.3) is 0 Å². The predicted molar refractivity (Wildman–Crippen MR) is 92.1 cm³/mol. The molecule has 1 aromatic carbocycles. The molecule has 2 amide bonds. The van der Waals surface area contributed by atoms with Crippen LogP contribution >= 0.6 is 0 Å². The first-order valence-corrected chi connectivity index (χ1v) is 8.57. The van der Waals surface area contributed by atoms with E-state index >= 15 is 0 Å². The third-order valence-corrected chi connectivity index (χ3v) is 5.32. The smallest absolute Gasteiger partial charge is 0.411 e. The highest BCUT2D eigenvalue weighted by atomic mass is 16.5. The maximum absolute atomic E-state index is 12.7. The van der Waals surface area contributed by atoms with Crippen molar-refractivity contribution in [1.82, 2.24) is 10.2 Å². The second-order valence-electron chi connectivity index (χ2n) is 6.74. The van der Waals surface area contributed by atoms with Crippen LogP contribution in [0.1, 0.15) is 36.0 Å². The number of anilines is 1. The molecule has 6 nitrogen and oxygen atoms in total. The largest absolute Gasteiger partial charge is 0.453 e. The summed E-state index contributed by atoms with van der Waals surface area (Å²) >= 11 is 0. The number of carbonyl (C=O) groups excluding carboxylic acids is 2. The van der Waals surface area contributed by atoms with Crippen molar-refractivity contribution in [2.75, 3.05) is 38.6 Å². The van der Waals surface area contributed by atoms with Crippen molar-refractivity contribution in [3.63, 3.8) is 0 Å². The van der Waals surface area contributed by atoms with Crippen LogP contribution in [0, 0.1) is 5.41 Å². The lowest BCUT2D eigenvalue weighted by Crippen LogP contribution is -2.47. The van der Waals surface area contributed by atoms with Crippen LogP contribution in [0.3, 0.4) is 0 Å². The number of piperidine rings is 2. The number of carbonyl (C=O) groups is 2. The molecule has 1 aromatic rings. The van der Waals surface area contributed by atoms with Gasteiger partial charge in [-0.2, -0.15) is 0 Å². The minimum absolute atomic E-state index is 0.0345. The maximum Gasteiger partial charge on any atom is 0.411 e. The van der Waals surface area contributed by atoms with Gasteiger partial charge in [-0.15, -0.1) is 0 Å². The zero-order valence-electron chi connectivity index (χ0n) is 14.1. The normalized spacial score (nSPS) is 19.8.